The summed E-state index contributed by atoms with van der Waals surface area (Å²) in [5, 5.41) is 9.05. The van der Waals surface area contributed by atoms with Crippen molar-refractivity contribution in [3.63, 3.8) is 0 Å². The molecule has 0 radical (unpaired) electrons. The average Bonchev–Trinajstić information content (AvgIpc) is 2.38. The number of nitrogens with two attached hydrogens (primary N) is 1. The van der Waals surface area contributed by atoms with E-state index in [1.54, 1.807) is 24.3 Å². The first-order valence-corrected chi connectivity index (χ1v) is 5.73. The SMILES string of the molecule is CCOc1nc(N)nc(Oc2cccc(CO)c2)n1. The fourth-order valence-electron chi connectivity index (χ4n) is 1.40. The number of hydrogen-bond donors (Lipinski definition) is 2. The second-order valence-corrected chi connectivity index (χ2v) is 3.60. The van der Waals surface area contributed by atoms with Crippen molar-refractivity contribution in [3.8, 4) is 17.8 Å². The summed E-state index contributed by atoms with van der Waals surface area (Å²) in [7, 11) is 0. The van der Waals surface area contributed by atoms with Crippen molar-refractivity contribution in [1.29, 1.82) is 0 Å². The highest BCUT2D eigenvalue weighted by atomic mass is 16.5. The molecule has 0 saturated heterocycles. The monoisotopic (exact) mass is 262 g/mol. The highest BCUT2D eigenvalue weighted by molar-refractivity contribution is 5.31. The lowest BCUT2D eigenvalue weighted by Gasteiger charge is -2.07. The first-order chi connectivity index (χ1) is 9.21. The van der Waals surface area contributed by atoms with Gasteiger partial charge in [0.05, 0.1) is 13.2 Å². The van der Waals surface area contributed by atoms with Gasteiger partial charge in [0.15, 0.2) is 0 Å². The van der Waals surface area contributed by atoms with Crippen molar-refractivity contribution in [2.75, 3.05) is 12.3 Å². The summed E-state index contributed by atoms with van der Waals surface area (Å²) in [6.45, 7) is 2.16. The highest BCUT2D eigenvalue weighted by Crippen LogP contribution is 2.20. The van der Waals surface area contributed by atoms with Gasteiger partial charge in [-0.25, -0.2) is 0 Å². The molecule has 0 aliphatic heterocycles. The summed E-state index contributed by atoms with van der Waals surface area (Å²) in [5.41, 5.74) is 6.26. The van der Waals surface area contributed by atoms with Crippen LogP contribution in [0.3, 0.4) is 0 Å². The highest BCUT2D eigenvalue weighted by Gasteiger charge is 2.07. The van der Waals surface area contributed by atoms with Crippen molar-refractivity contribution in [2.24, 2.45) is 0 Å². The molecule has 0 amide bonds. The number of nitrogens with zero attached hydrogens (tertiary/aromatic N) is 3. The lowest BCUT2D eigenvalue weighted by molar-refractivity contribution is 0.281. The molecule has 7 nitrogen and oxygen atoms in total. The van der Waals surface area contributed by atoms with Crippen LogP contribution in [0.4, 0.5) is 5.95 Å². The van der Waals surface area contributed by atoms with Gasteiger partial charge in [0, 0.05) is 0 Å². The fourth-order valence-corrected chi connectivity index (χ4v) is 1.40. The van der Waals surface area contributed by atoms with Crippen molar-refractivity contribution < 1.29 is 14.6 Å². The van der Waals surface area contributed by atoms with Crippen molar-refractivity contribution >= 4 is 5.95 Å². The molecule has 7 heteroatoms. The van der Waals surface area contributed by atoms with Gasteiger partial charge in [-0.05, 0) is 24.6 Å². The molecule has 0 unspecified atom stereocenters. The maximum atomic E-state index is 9.05. The molecule has 0 saturated carbocycles. The van der Waals surface area contributed by atoms with E-state index in [1.165, 1.54) is 0 Å². The minimum atomic E-state index is -0.0687. The molecule has 100 valence electrons. The standard InChI is InChI=1S/C12H14N4O3/c1-2-18-11-14-10(13)15-12(16-11)19-9-5-3-4-8(6-9)7-17/h3-6,17H,2,7H2,1H3,(H2,13,14,15,16). The molecular formula is C12H14N4O3. The zero-order valence-electron chi connectivity index (χ0n) is 10.4. The molecule has 0 aliphatic carbocycles. The number of anilines is 1. The molecule has 1 aromatic carbocycles. The molecule has 0 aliphatic rings. The average molecular weight is 262 g/mol. The van der Waals surface area contributed by atoms with Gasteiger partial charge < -0.3 is 20.3 Å². The third-order valence-electron chi connectivity index (χ3n) is 2.18. The second-order valence-electron chi connectivity index (χ2n) is 3.60. The van der Waals surface area contributed by atoms with Crippen LogP contribution in [0.5, 0.6) is 17.8 Å². The number of aromatic nitrogens is 3. The van der Waals surface area contributed by atoms with Crippen LogP contribution in [0.25, 0.3) is 0 Å². The van der Waals surface area contributed by atoms with Crippen LogP contribution in [0.15, 0.2) is 24.3 Å². The fraction of sp³-hybridized carbons (Fsp3) is 0.250. The van der Waals surface area contributed by atoms with Crippen LogP contribution >= 0.6 is 0 Å². The van der Waals surface area contributed by atoms with E-state index in [9.17, 15) is 0 Å². The maximum Gasteiger partial charge on any atom is 0.330 e. The first kappa shape index (κ1) is 13.0. The summed E-state index contributed by atoms with van der Waals surface area (Å²) in [6, 6.07) is 7.10. The van der Waals surface area contributed by atoms with Crippen LogP contribution in [-0.4, -0.2) is 26.7 Å². The van der Waals surface area contributed by atoms with Crippen molar-refractivity contribution in [2.45, 2.75) is 13.5 Å². The van der Waals surface area contributed by atoms with Gasteiger partial charge in [-0.1, -0.05) is 12.1 Å². The third kappa shape index (κ3) is 3.52. The number of rotatable bonds is 5. The summed E-state index contributed by atoms with van der Waals surface area (Å²) in [5.74, 6) is 0.520. The molecule has 0 spiro atoms. The first-order valence-electron chi connectivity index (χ1n) is 5.73. The summed E-state index contributed by atoms with van der Waals surface area (Å²) < 4.78 is 10.6. The van der Waals surface area contributed by atoms with E-state index < -0.39 is 0 Å². The Bertz CT molecular complexity index is 562. The summed E-state index contributed by atoms with van der Waals surface area (Å²) in [6.07, 6.45) is 0. The Morgan fingerprint density at radius 3 is 2.74 bits per heavy atom. The van der Waals surface area contributed by atoms with Gasteiger partial charge in [0.2, 0.25) is 5.95 Å². The van der Waals surface area contributed by atoms with E-state index in [0.717, 1.165) is 5.56 Å². The number of aliphatic hydroxyl groups is 1. The van der Waals surface area contributed by atoms with E-state index in [1.807, 2.05) is 6.92 Å². The normalized spacial score (nSPS) is 10.2. The van der Waals surface area contributed by atoms with Crippen molar-refractivity contribution in [3.05, 3.63) is 29.8 Å². The largest absolute Gasteiger partial charge is 0.464 e. The Hall–Kier alpha value is -2.41. The van der Waals surface area contributed by atoms with E-state index in [2.05, 4.69) is 15.0 Å². The van der Waals surface area contributed by atoms with Gasteiger partial charge in [0.1, 0.15) is 5.75 Å². The number of nitrogen functional groups attached to an aromatic ring is 1. The maximum absolute atomic E-state index is 9.05. The minimum absolute atomic E-state index is 0.0202. The number of hydrogen-bond acceptors (Lipinski definition) is 7. The Kier molecular flexibility index (Phi) is 4.09. The van der Waals surface area contributed by atoms with Gasteiger partial charge in [-0.3, -0.25) is 0 Å². The van der Waals surface area contributed by atoms with Crippen LogP contribution in [0, 0.1) is 0 Å². The quantitative estimate of drug-likeness (QED) is 0.832. The second kappa shape index (κ2) is 5.96. The van der Waals surface area contributed by atoms with Crippen LogP contribution < -0.4 is 15.2 Å². The zero-order valence-corrected chi connectivity index (χ0v) is 10.4. The predicted octanol–water partition coefficient (Wildman–Crippen LogP) is 1.14. The lowest BCUT2D eigenvalue weighted by atomic mass is 10.2. The van der Waals surface area contributed by atoms with Crippen molar-refractivity contribution in [1.82, 2.24) is 15.0 Å². The molecule has 2 rings (SSSR count). The lowest BCUT2D eigenvalue weighted by Crippen LogP contribution is -2.04. The van der Waals surface area contributed by atoms with E-state index >= 15 is 0 Å². The molecule has 2 aromatic rings. The van der Waals surface area contributed by atoms with Gasteiger partial charge in [-0.2, -0.15) is 9.97 Å². The van der Waals surface area contributed by atoms with Gasteiger partial charge >= 0.3 is 12.0 Å². The molecule has 19 heavy (non-hydrogen) atoms. The van der Waals surface area contributed by atoms with E-state index in [-0.39, 0.29) is 24.6 Å². The summed E-state index contributed by atoms with van der Waals surface area (Å²) in [4.78, 5) is 11.6. The Morgan fingerprint density at radius 1 is 1.21 bits per heavy atom. The molecule has 1 heterocycles. The van der Waals surface area contributed by atoms with Crippen LogP contribution in [-0.2, 0) is 6.61 Å². The zero-order chi connectivity index (χ0) is 13.7. The van der Waals surface area contributed by atoms with Gasteiger partial charge in [-0.15, -0.1) is 4.98 Å². The molecule has 1 aromatic heterocycles. The Labute approximate surface area is 110 Å². The van der Waals surface area contributed by atoms with E-state index in [0.29, 0.717) is 12.4 Å². The smallest absolute Gasteiger partial charge is 0.330 e. The predicted molar refractivity (Wildman–Crippen MR) is 67.8 cm³/mol. The number of aliphatic hydroxyl groups excluding tert-OH is 1. The Morgan fingerprint density at radius 2 is 2.00 bits per heavy atom. The molecule has 0 bridgehead atoms. The molecule has 3 N–H and O–H groups in total. The van der Waals surface area contributed by atoms with E-state index in [4.69, 9.17) is 20.3 Å². The summed E-state index contributed by atoms with van der Waals surface area (Å²) >= 11 is 0. The number of ether oxygens (including phenoxy) is 2. The third-order valence-corrected chi connectivity index (χ3v) is 2.18. The molecule has 0 atom stereocenters. The topological polar surface area (TPSA) is 103 Å². The molecular weight excluding hydrogens is 248 g/mol. The number of benzene rings is 1. The van der Waals surface area contributed by atoms with Crippen LogP contribution in [0.1, 0.15) is 12.5 Å². The van der Waals surface area contributed by atoms with Crippen LogP contribution in [0.2, 0.25) is 0 Å². The van der Waals surface area contributed by atoms with Gasteiger partial charge in [0.25, 0.3) is 0 Å². The molecule has 0 fully saturated rings. The Balaban J connectivity index is 2.22. The minimum Gasteiger partial charge on any atom is -0.464 e.